The van der Waals surface area contributed by atoms with Gasteiger partial charge in [0.1, 0.15) is 10.8 Å². The van der Waals surface area contributed by atoms with Gasteiger partial charge in [-0.2, -0.15) is 0 Å². The molecule has 1 aromatic carbocycles. The van der Waals surface area contributed by atoms with E-state index in [0.29, 0.717) is 0 Å². The van der Waals surface area contributed by atoms with Crippen LogP contribution in [-0.4, -0.2) is 23.5 Å². The van der Waals surface area contributed by atoms with Crippen molar-refractivity contribution in [3.8, 4) is 0 Å². The Hall–Kier alpha value is -1.62. The van der Waals surface area contributed by atoms with Crippen molar-refractivity contribution in [3.05, 3.63) is 47.8 Å². The molecule has 0 aliphatic carbocycles. The Balaban J connectivity index is 2.17. The van der Waals surface area contributed by atoms with Gasteiger partial charge in [0.2, 0.25) is 0 Å². The largest absolute Gasteiger partial charge is 0.351 e. The Kier molecular flexibility index (Phi) is 4.37. The first-order valence-electron chi connectivity index (χ1n) is 5.98. The molecule has 0 saturated carbocycles. The lowest BCUT2D eigenvalue weighted by Crippen LogP contribution is -2.22. The maximum atomic E-state index is 12.9. The molecule has 1 atom stereocenters. The third-order valence-corrected chi connectivity index (χ3v) is 3.77. The number of halogens is 1. The summed E-state index contributed by atoms with van der Waals surface area (Å²) < 4.78 is 12.9. The number of nitrogens with zero attached hydrogens (tertiary/aromatic N) is 3. The van der Waals surface area contributed by atoms with Crippen molar-refractivity contribution in [3.63, 3.8) is 0 Å². The SMILES string of the molecule is CSc1ccc(N(C)C(C)c2ccc(F)cc2)nn1. The second-order valence-electron chi connectivity index (χ2n) is 4.27. The minimum Gasteiger partial charge on any atom is -0.351 e. The van der Waals surface area contributed by atoms with E-state index in [1.165, 1.54) is 12.1 Å². The standard InChI is InChI=1S/C14H16FN3S/c1-10(11-4-6-12(15)7-5-11)18(2)13-8-9-14(19-3)17-16-13/h4-10H,1-3H3. The maximum absolute atomic E-state index is 12.9. The summed E-state index contributed by atoms with van der Waals surface area (Å²) in [4.78, 5) is 2.02. The zero-order chi connectivity index (χ0) is 13.8. The molecule has 5 heteroatoms. The normalized spacial score (nSPS) is 12.2. The summed E-state index contributed by atoms with van der Waals surface area (Å²) >= 11 is 1.56. The van der Waals surface area contributed by atoms with Gasteiger partial charge in [-0.25, -0.2) is 4.39 Å². The van der Waals surface area contributed by atoms with E-state index in [1.807, 2.05) is 30.3 Å². The molecular formula is C14H16FN3S. The van der Waals surface area contributed by atoms with Crippen molar-refractivity contribution in [1.29, 1.82) is 0 Å². The molecule has 0 bridgehead atoms. The van der Waals surface area contributed by atoms with E-state index in [4.69, 9.17) is 0 Å². The summed E-state index contributed by atoms with van der Waals surface area (Å²) in [5.41, 5.74) is 1.04. The highest BCUT2D eigenvalue weighted by atomic mass is 32.2. The molecule has 100 valence electrons. The quantitative estimate of drug-likeness (QED) is 0.799. The van der Waals surface area contributed by atoms with Crippen LogP contribution in [0.25, 0.3) is 0 Å². The van der Waals surface area contributed by atoms with Crippen molar-refractivity contribution in [1.82, 2.24) is 10.2 Å². The van der Waals surface area contributed by atoms with Gasteiger partial charge in [0.15, 0.2) is 5.82 Å². The van der Waals surface area contributed by atoms with E-state index < -0.39 is 0 Å². The minimum absolute atomic E-state index is 0.107. The van der Waals surface area contributed by atoms with E-state index in [9.17, 15) is 4.39 Å². The van der Waals surface area contributed by atoms with Crippen LogP contribution in [0.2, 0.25) is 0 Å². The van der Waals surface area contributed by atoms with Crippen LogP contribution in [0.3, 0.4) is 0 Å². The first-order chi connectivity index (χ1) is 9.11. The van der Waals surface area contributed by atoms with Crippen LogP contribution < -0.4 is 4.90 Å². The molecule has 0 N–H and O–H groups in total. The fourth-order valence-corrected chi connectivity index (χ4v) is 2.10. The third-order valence-electron chi connectivity index (χ3n) is 3.13. The van der Waals surface area contributed by atoms with Crippen LogP contribution in [-0.2, 0) is 0 Å². The van der Waals surface area contributed by atoms with Crippen molar-refractivity contribution in [2.75, 3.05) is 18.2 Å². The minimum atomic E-state index is -0.220. The van der Waals surface area contributed by atoms with Gasteiger partial charge in [0, 0.05) is 7.05 Å². The van der Waals surface area contributed by atoms with Crippen molar-refractivity contribution >= 4 is 17.6 Å². The molecule has 3 nitrogen and oxygen atoms in total. The summed E-state index contributed by atoms with van der Waals surface area (Å²) in [6.07, 6.45) is 1.97. The summed E-state index contributed by atoms with van der Waals surface area (Å²) in [6, 6.07) is 10.5. The molecule has 0 aliphatic heterocycles. The summed E-state index contributed by atoms with van der Waals surface area (Å²) in [7, 11) is 1.96. The van der Waals surface area contributed by atoms with Gasteiger partial charge in [-0.05, 0) is 43.0 Å². The summed E-state index contributed by atoms with van der Waals surface area (Å²) in [5.74, 6) is 0.581. The lowest BCUT2D eigenvalue weighted by molar-refractivity contribution is 0.624. The molecule has 0 amide bonds. The highest BCUT2D eigenvalue weighted by molar-refractivity contribution is 7.98. The molecule has 0 aliphatic rings. The molecule has 1 heterocycles. The van der Waals surface area contributed by atoms with Gasteiger partial charge in [-0.1, -0.05) is 12.1 Å². The van der Waals surface area contributed by atoms with Crippen molar-refractivity contribution in [2.45, 2.75) is 18.0 Å². The number of rotatable bonds is 4. The van der Waals surface area contributed by atoms with Crippen LogP contribution in [0, 0.1) is 5.82 Å². The molecule has 2 aromatic rings. The van der Waals surface area contributed by atoms with E-state index in [2.05, 4.69) is 17.1 Å². The number of benzene rings is 1. The molecule has 2 rings (SSSR count). The second kappa shape index (κ2) is 6.02. The first kappa shape index (κ1) is 13.8. The molecule has 0 radical (unpaired) electrons. The average Bonchev–Trinajstić information content (AvgIpc) is 2.46. The summed E-state index contributed by atoms with van der Waals surface area (Å²) in [6.45, 7) is 2.05. The van der Waals surface area contributed by atoms with Gasteiger partial charge in [-0.15, -0.1) is 22.0 Å². The average molecular weight is 277 g/mol. The van der Waals surface area contributed by atoms with Gasteiger partial charge in [0.05, 0.1) is 6.04 Å². The molecule has 1 aromatic heterocycles. The van der Waals surface area contributed by atoms with E-state index in [-0.39, 0.29) is 11.9 Å². The van der Waals surface area contributed by atoms with Crippen LogP contribution in [0.1, 0.15) is 18.5 Å². The Morgan fingerprint density at radius 2 is 1.79 bits per heavy atom. The summed E-state index contributed by atoms with van der Waals surface area (Å²) in [5, 5.41) is 9.21. The predicted octanol–water partition coefficient (Wildman–Crippen LogP) is 3.54. The molecular weight excluding hydrogens is 261 g/mol. The van der Waals surface area contributed by atoms with Crippen LogP contribution in [0.4, 0.5) is 10.2 Å². The second-order valence-corrected chi connectivity index (χ2v) is 5.10. The highest BCUT2D eigenvalue weighted by Crippen LogP contribution is 2.24. The zero-order valence-corrected chi connectivity index (χ0v) is 12.0. The lowest BCUT2D eigenvalue weighted by Gasteiger charge is -2.25. The van der Waals surface area contributed by atoms with Gasteiger partial charge in [-0.3, -0.25) is 0 Å². The molecule has 1 unspecified atom stereocenters. The predicted molar refractivity (Wildman–Crippen MR) is 77.0 cm³/mol. The van der Waals surface area contributed by atoms with Crippen LogP contribution in [0.5, 0.6) is 0 Å². The Morgan fingerprint density at radius 1 is 1.11 bits per heavy atom. The Bertz CT molecular complexity index is 527. The number of hydrogen-bond donors (Lipinski definition) is 0. The van der Waals surface area contributed by atoms with Crippen LogP contribution in [0.15, 0.2) is 41.4 Å². The zero-order valence-electron chi connectivity index (χ0n) is 11.2. The maximum Gasteiger partial charge on any atom is 0.151 e. The van der Waals surface area contributed by atoms with E-state index in [0.717, 1.165) is 16.4 Å². The Morgan fingerprint density at radius 3 is 2.32 bits per heavy atom. The van der Waals surface area contributed by atoms with Gasteiger partial charge < -0.3 is 4.90 Å². The number of thioether (sulfide) groups is 1. The lowest BCUT2D eigenvalue weighted by atomic mass is 10.1. The molecule has 0 saturated heterocycles. The topological polar surface area (TPSA) is 29.0 Å². The molecule has 0 spiro atoms. The monoisotopic (exact) mass is 277 g/mol. The first-order valence-corrected chi connectivity index (χ1v) is 7.20. The number of anilines is 1. The van der Waals surface area contributed by atoms with Gasteiger partial charge in [0.25, 0.3) is 0 Å². The van der Waals surface area contributed by atoms with E-state index in [1.54, 1.807) is 23.9 Å². The fourth-order valence-electron chi connectivity index (χ4n) is 1.77. The Labute approximate surface area is 116 Å². The number of aromatic nitrogens is 2. The van der Waals surface area contributed by atoms with Gasteiger partial charge >= 0.3 is 0 Å². The third kappa shape index (κ3) is 3.23. The molecule has 19 heavy (non-hydrogen) atoms. The highest BCUT2D eigenvalue weighted by Gasteiger charge is 2.13. The van der Waals surface area contributed by atoms with E-state index >= 15 is 0 Å². The number of hydrogen-bond acceptors (Lipinski definition) is 4. The van der Waals surface area contributed by atoms with Crippen molar-refractivity contribution < 1.29 is 4.39 Å². The van der Waals surface area contributed by atoms with Crippen molar-refractivity contribution in [2.24, 2.45) is 0 Å². The van der Waals surface area contributed by atoms with Crippen LogP contribution >= 0.6 is 11.8 Å². The smallest absolute Gasteiger partial charge is 0.151 e. The fraction of sp³-hybridized carbons (Fsp3) is 0.286. The molecule has 0 fully saturated rings.